The molecule has 9 aromatic rings. The molecule has 0 aliphatic heterocycles. The molecule has 0 heterocycles. The standard InChI is InChI=1S/C52H34O4/c53-49-25-29-15-17-33(39-11-5-13-41-37-9-3-1-7-31(37)21-43(39)41)19-35(29)23-45(49)47-27-52(56)48(28-51(47)55)46-24-36-20-34(18-16-30(36)26-50(46)54)40-12-6-14-42-38-10-4-2-8-32(38)22-44(40)42/h1-20,23-28,53-56H,21-22H2. The average Bonchev–Trinajstić information content (AvgIpc) is 3.80. The number of phenols is 4. The number of hydrogen-bond donors (Lipinski definition) is 4. The van der Waals surface area contributed by atoms with Gasteiger partial charge in [-0.1, -0.05) is 109 Å². The van der Waals surface area contributed by atoms with Gasteiger partial charge in [-0.05, 0) is 150 Å². The van der Waals surface area contributed by atoms with Gasteiger partial charge in [0.05, 0.1) is 0 Å². The van der Waals surface area contributed by atoms with E-state index in [2.05, 4.69) is 109 Å². The van der Waals surface area contributed by atoms with E-state index in [1.54, 1.807) is 12.1 Å². The number of rotatable bonds is 4. The molecular weight excluding hydrogens is 689 g/mol. The Balaban J connectivity index is 0.963. The smallest absolute Gasteiger partial charge is 0.124 e. The summed E-state index contributed by atoms with van der Waals surface area (Å²) in [7, 11) is 0. The first-order valence-corrected chi connectivity index (χ1v) is 18.9. The van der Waals surface area contributed by atoms with Crippen LogP contribution in [0.4, 0.5) is 0 Å². The minimum absolute atomic E-state index is 0.0136. The molecular formula is C52H34O4. The zero-order valence-electron chi connectivity index (χ0n) is 30.2. The lowest BCUT2D eigenvalue weighted by Gasteiger charge is -2.15. The maximum absolute atomic E-state index is 11.5. The molecule has 56 heavy (non-hydrogen) atoms. The lowest BCUT2D eigenvalue weighted by atomic mass is 9.91. The molecule has 0 unspecified atom stereocenters. The minimum atomic E-state index is -0.130. The summed E-state index contributed by atoms with van der Waals surface area (Å²) in [6.45, 7) is 0. The van der Waals surface area contributed by atoms with E-state index < -0.39 is 0 Å². The van der Waals surface area contributed by atoms with Crippen LogP contribution in [0.2, 0.25) is 0 Å². The van der Waals surface area contributed by atoms with Gasteiger partial charge in [0.1, 0.15) is 23.0 Å². The van der Waals surface area contributed by atoms with Crippen LogP contribution in [-0.2, 0) is 12.8 Å². The highest BCUT2D eigenvalue weighted by Crippen LogP contribution is 2.48. The van der Waals surface area contributed by atoms with Crippen LogP contribution in [0.25, 0.3) is 88.3 Å². The van der Waals surface area contributed by atoms with E-state index in [9.17, 15) is 20.4 Å². The molecule has 4 N–H and O–H groups in total. The van der Waals surface area contributed by atoms with E-state index in [-0.39, 0.29) is 34.1 Å². The Bertz CT molecular complexity index is 2930. The van der Waals surface area contributed by atoms with Gasteiger partial charge in [-0.3, -0.25) is 0 Å². The van der Waals surface area contributed by atoms with Crippen LogP contribution in [0.1, 0.15) is 22.3 Å². The SMILES string of the molecule is Oc1cc(-c2cc3cc(-c4cccc5c4Cc4ccccc4-5)ccc3cc2O)c(O)cc1-c1cc2cc(-c3cccc4c3Cc3ccccc3-4)ccc2cc1O. The van der Waals surface area contributed by atoms with Gasteiger partial charge in [0.25, 0.3) is 0 Å². The van der Waals surface area contributed by atoms with Gasteiger partial charge in [0.2, 0.25) is 0 Å². The Morgan fingerprint density at radius 3 is 1.11 bits per heavy atom. The van der Waals surface area contributed by atoms with Crippen LogP contribution < -0.4 is 0 Å². The zero-order valence-corrected chi connectivity index (χ0v) is 30.2. The molecule has 4 nitrogen and oxygen atoms in total. The number of benzene rings is 9. The molecule has 0 aromatic heterocycles. The van der Waals surface area contributed by atoms with Gasteiger partial charge in [-0.2, -0.15) is 0 Å². The molecule has 266 valence electrons. The van der Waals surface area contributed by atoms with E-state index in [1.807, 2.05) is 24.3 Å². The highest BCUT2D eigenvalue weighted by Gasteiger charge is 2.24. The van der Waals surface area contributed by atoms with Crippen molar-refractivity contribution in [2.75, 3.05) is 0 Å². The Morgan fingerprint density at radius 2 is 0.643 bits per heavy atom. The molecule has 0 saturated carbocycles. The fourth-order valence-electron chi connectivity index (χ4n) is 9.20. The first-order valence-electron chi connectivity index (χ1n) is 18.9. The number of aromatic hydroxyl groups is 4. The van der Waals surface area contributed by atoms with Gasteiger partial charge in [0, 0.05) is 22.3 Å². The van der Waals surface area contributed by atoms with E-state index >= 15 is 0 Å². The average molecular weight is 723 g/mol. The third-order valence-electron chi connectivity index (χ3n) is 11.9. The van der Waals surface area contributed by atoms with E-state index in [0.29, 0.717) is 11.1 Å². The van der Waals surface area contributed by atoms with Crippen molar-refractivity contribution in [2.45, 2.75) is 12.8 Å². The van der Waals surface area contributed by atoms with Gasteiger partial charge in [-0.25, -0.2) is 0 Å². The third kappa shape index (κ3) is 4.93. The lowest BCUT2D eigenvalue weighted by molar-refractivity contribution is 0.458. The van der Waals surface area contributed by atoms with Crippen molar-refractivity contribution < 1.29 is 20.4 Å². The predicted molar refractivity (Wildman–Crippen MR) is 226 cm³/mol. The summed E-state index contributed by atoms with van der Waals surface area (Å²) in [6, 6.07) is 52.4. The highest BCUT2D eigenvalue weighted by molar-refractivity contribution is 5.99. The van der Waals surface area contributed by atoms with Crippen molar-refractivity contribution in [1.29, 1.82) is 0 Å². The molecule has 0 atom stereocenters. The van der Waals surface area contributed by atoms with E-state index in [4.69, 9.17) is 0 Å². The zero-order chi connectivity index (χ0) is 37.7. The molecule has 9 aromatic carbocycles. The van der Waals surface area contributed by atoms with Crippen molar-refractivity contribution in [3.05, 3.63) is 180 Å². The normalized spacial score (nSPS) is 12.4. The minimum Gasteiger partial charge on any atom is -0.507 e. The summed E-state index contributed by atoms with van der Waals surface area (Å²) >= 11 is 0. The molecule has 2 aliphatic rings. The Hall–Kier alpha value is -7.30. The summed E-state index contributed by atoms with van der Waals surface area (Å²) in [5.41, 5.74) is 16.1. The molecule has 4 heteroatoms. The molecule has 0 radical (unpaired) electrons. The number of phenolic OH excluding ortho intramolecular Hbond substituents is 4. The van der Waals surface area contributed by atoms with Crippen molar-refractivity contribution in [1.82, 2.24) is 0 Å². The third-order valence-corrected chi connectivity index (χ3v) is 11.9. The highest BCUT2D eigenvalue weighted by atomic mass is 16.3. The van der Waals surface area contributed by atoms with Crippen molar-refractivity contribution in [3.8, 4) is 89.8 Å². The summed E-state index contributed by atoms with van der Waals surface area (Å²) in [5.74, 6) is -0.287. The molecule has 0 saturated heterocycles. The number of hydrogen-bond acceptors (Lipinski definition) is 4. The van der Waals surface area contributed by atoms with Crippen molar-refractivity contribution >= 4 is 21.5 Å². The molecule has 0 spiro atoms. The Morgan fingerprint density at radius 1 is 0.268 bits per heavy atom. The fourth-order valence-corrected chi connectivity index (χ4v) is 9.20. The largest absolute Gasteiger partial charge is 0.507 e. The van der Waals surface area contributed by atoms with Crippen molar-refractivity contribution in [3.63, 3.8) is 0 Å². The first-order chi connectivity index (χ1) is 27.4. The van der Waals surface area contributed by atoms with Crippen LogP contribution in [0, 0.1) is 0 Å². The van der Waals surface area contributed by atoms with Gasteiger partial charge < -0.3 is 20.4 Å². The van der Waals surface area contributed by atoms with Crippen LogP contribution >= 0.6 is 0 Å². The van der Waals surface area contributed by atoms with Gasteiger partial charge in [0.15, 0.2) is 0 Å². The second-order valence-corrected chi connectivity index (χ2v) is 15.1. The Kier molecular flexibility index (Phi) is 6.95. The lowest BCUT2D eigenvalue weighted by Crippen LogP contribution is -1.90. The summed E-state index contributed by atoms with van der Waals surface area (Å²) in [6.07, 6.45) is 1.75. The molecule has 11 rings (SSSR count). The topological polar surface area (TPSA) is 80.9 Å². The fraction of sp³-hybridized carbons (Fsp3) is 0.0385. The maximum Gasteiger partial charge on any atom is 0.124 e. The Labute approximate surface area is 323 Å². The second-order valence-electron chi connectivity index (χ2n) is 15.1. The van der Waals surface area contributed by atoms with E-state index in [1.165, 1.54) is 67.8 Å². The maximum atomic E-state index is 11.5. The summed E-state index contributed by atoms with van der Waals surface area (Å²) in [5, 5.41) is 49.0. The second kappa shape index (κ2) is 12.1. The molecule has 0 amide bonds. The molecule has 0 fully saturated rings. The van der Waals surface area contributed by atoms with Crippen LogP contribution in [0.5, 0.6) is 23.0 Å². The van der Waals surface area contributed by atoms with Crippen LogP contribution in [0.15, 0.2) is 158 Å². The molecule has 0 bridgehead atoms. The van der Waals surface area contributed by atoms with E-state index in [0.717, 1.165) is 45.5 Å². The van der Waals surface area contributed by atoms with Crippen LogP contribution in [-0.4, -0.2) is 20.4 Å². The van der Waals surface area contributed by atoms with Crippen LogP contribution in [0.3, 0.4) is 0 Å². The summed E-state index contributed by atoms with van der Waals surface area (Å²) in [4.78, 5) is 0. The van der Waals surface area contributed by atoms with Gasteiger partial charge in [-0.15, -0.1) is 0 Å². The van der Waals surface area contributed by atoms with Crippen molar-refractivity contribution in [2.24, 2.45) is 0 Å². The molecule has 2 aliphatic carbocycles. The number of fused-ring (bicyclic) bond motifs is 8. The van der Waals surface area contributed by atoms with Gasteiger partial charge >= 0.3 is 0 Å². The quantitative estimate of drug-likeness (QED) is 0.136. The first kappa shape index (κ1) is 32.2. The summed E-state index contributed by atoms with van der Waals surface area (Å²) < 4.78 is 0. The monoisotopic (exact) mass is 722 g/mol. The predicted octanol–water partition coefficient (Wildman–Crippen LogP) is 12.6.